The Morgan fingerprint density at radius 1 is 1.64 bits per heavy atom. The zero-order chi connectivity index (χ0) is 10.1. The molecule has 0 saturated carbocycles. The normalized spacial score (nSPS) is 19.5. The second kappa shape index (κ2) is 3.29. The van der Waals surface area contributed by atoms with Crippen LogP contribution in [-0.2, 0) is 9.53 Å². The second-order valence-electron chi connectivity index (χ2n) is 3.43. The SMILES string of the molecule is COC(=O)CC1CC(=O)c2c[nH]cc21. The summed E-state index contributed by atoms with van der Waals surface area (Å²) in [5, 5.41) is 0. The van der Waals surface area contributed by atoms with Gasteiger partial charge in [0.2, 0.25) is 0 Å². The highest BCUT2D eigenvalue weighted by molar-refractivity contribution is 6.01. The van der Waals surface area contributed by atoms with Crippen molar-refractivity contribution in [3.63, 3.8) is 0 Å². The van der Waals surface area contributed by atoms with Gasteiger partial charge in [0.15, 0.2) is 5.78 Å². The van der Waals surface area contributed by atoms with Crippen LogP contribution >= 0.6 is 0 Å². The first-order chi connectivity index (χ1) is 6.72. The molecule has 1 unspecified atom stereocenters. The number of hydrogen-bond donors (Lipinski definition) is 1. The fourth-order valence-electron chi connectivity index (χ4n) is 1.87. The quantitative estimate of drug-likeness (QED) is 0.719. The summed E-state index contributed by atoms with van der Waals surface area (Å²) in [4.78, 5) is 25.4. The molecule has 0 amide bonds. The topological polar surface area (TPSA) is 59.2 Å². The number of nitrogens with one attached hydrogen (secondary N) is 1. The summed E-state index contributed by atoms with van der Waals surface area (Å²) in [5.74, 6) is -0.164. The summed E-state index contributed by atoms with van der Waals surface area (Å²) < 4.78 is 4.58. The van der Waals surface area contributed by atoms with Crippen LogP contribution in [0.3, 0.4) is 0 Å². The molecule has 1 aromatic heterocycles. The number of methoxy groups -OCH3 is 1. The van der Waals surface area contributed by atoms with Crippen molar-refractivity contribution in [1.82, 2.24) is 4.98 Å². The number of carbonyl (C=O) groups is 2. The molecule has 14 heavy (non-hydrogen) atoms. The average molecular weight is 193 g/mol. The molecule has 1 atom stereocenters. The Morgan fingerprint density at radius 2 is 2.43 bits per heavy atom. The van der Waals surface area contributed by atoms with E-state index in [4.69, 9.17) is 0 Å². The molecule has 1 aliphatic carbocycles. The van der Waals surface area contributed by atoms with Crippen molar-refractivity contribution < 1.29 is 14.3 Å². The molecule has 0 aromatic carbocycles. The van der Waals surface area contributed by atoms with Crippen LogP contribution in [0.5, 0.6) is 0 Å². The Kier molecular flexibility index (Phi) is 2.11. The maximum absolute atomic E-state index is 11.4. The molecule has 1 aromatic rings. The number of carbonyl (C=O) groups excluding carboxylic acids is 2. The third-order valence-corrected chi connectivity index (χ3v) is 2.59. The number of H-pyrrole nitrogens is 1. The van der Waals surface area contributed by atoms with Gasteiger partial charge >= 0.3 is 5.97 Å². The van der Waals surface area contributed by atoms with Crippen molar-refractivity contribution in [3.05, 3.63) is 23.5 Å². The van der Waals surface area contributed by atoms with Crippen molar-refractivity contribution in [2.45, 2.75) is 18.8 Å². The van der Waals surface area contributed by atoms with E-state index in [0.29, 0.717) is 6.42 Å². The van der Waals surface area contributed by atoms with Crippen LogP contribution in [0.4, 0.5) is 0 Å². The summed E-state index contributed by atoms with van der Waals surface area (Å²) in [5.41, 5.74) is 1.67. The fraction of sp³-hybridized carbons (Fsp3) is 0.400. The van der Waals surface area contributed by atoms with E-state index in [-0.39, 0.29) is 24.1 Å². The number of aromatic nitrogens is 1. The summed E-state index contributed by atoms with van der Waals surface area (Å²) in [6.45, 7) is 0. The number of esters is 1. The smallest absolute Gasteiger partial charge is 0.306 e. The van der Waals surface area contributed by atoms with E-state index >= 15 is 0 Å². The highest BCUT2D eigenvalue weighted by Crippen LogP contribution is 2.35. The molecule has 74 valence electrons. The van der Waals surface area contributed by atoms with E-state index in [1.807, 2.05) is 0 Å². The first kappa shape index (κ1) is 8.99. The van der Waals surface area contributed by atoms with Gasteiger partial charge in [-0.05, 0) is 5.56 Å². The predicted molar refractivity (Wildman–Crippen MR) is 49.1 cm³/mol. The van der Waals surface area contributed by atoms with Crippen molar-refractivity contribution in [3.8, 4) is 0 Å². The predicted octanol–water partition coefficient (Wildman–Crippen LogP) is 1.25. The van der Waals surface area contributed by atoms with Crippen LogP contribution < -0.4 is 0 Å². The molecule has 0 saturated heterocycles. The van der Waals surface area contributed by atoms with Crippen LogP contribution in [0.25, 0.3) is 0 Å². The second-order valence-corrected chi connectivity index (χ2v) is 3.43. The van der Waals surface area contributed by atoms with Crippen molar-refractivity contribution in [2.75, 3.05) is 7.11 Å². The van der Waals surface area contributed by atoms with Crippen LogP contribution in [0, 0.1) is 0 Å². The molecule has 1 N–H and O–H groups in total. The maximum Gasteiger partial charge on any atom is 0.306 e. The lowest BCUT2D eigenvalue weighted by Gasteiger charge is -2.06. The highest BCUT2D eigenvalue weighted by atomic mass is 16.5. The molecule has 1 aliphatic rings. The van der Waals surface area contributed by atoms with Gasteiger partial charge in [-0.15, -0.1) is 0 Å². The first-order valence-electron chi connectivity index (χ1n) is 4.49. The van der Waals surface area contributed by atoms with E-state index in [1.54, 1.807) is 12.4 Å². The number of ketones is 1. The Balaban J connectivity index is 2.18. The monoisotopic (exact) mass is 193 g/mol. The zero-order valence-electron chi connectivity index (χ0n) is 7.87. The lowest BCUT2D eigenvalue weighted by molar-refractivity contribution is -0.141. The van der Waals surface area contributed by atoms with Gasteiger partial charge in [-0.3, -0.25) is 9.59 Å². The lowest BCUT2D eigenvalue weighted by Crippen LogP contribution is -2.06. The van der Waals surface area contributed by atoms with Crippen molar-refractivity contribution in [1.29, 1.82) is 0 Å². The fourth-order valence-corrected chi connectivity index (χ4v) is 1.87. The van der Waals surface area contributed by atoms with Gasteiger partial charge < -0.3 is 9.72 Å². The minimum absolute atomic E-state index is 0.00352. The number of aromatic amines is 1. The lowest BCUT2D eigenvalue weighted by atomic mass is 10.0. The third-order valence-electron chi connectivity index (χ3n) is 2.59. The molecular formula is C10H11NO3. The van der Waals surface area contributed by atoms with E-state index in [9.17, 15) is 9.59 Å². The summed E-state index contributed by atoms with van der Waals surface area (Å²) in [6, 6.07) is 0. The molecular weight excluding hydrogens is 182 g/mol. The van der Waals surface area contributed by atoms with Crippen LogP contribution in [-0.4, -0.2) is 23.8 Å². The summed E-state index contributed by atoms with van der Waals surface area (Å²) in [6.07, 6.45) is 4.18. The van der Waals surface area contributed by atoms with Crippen LogP contribution in [0.2, 0.25) is 0 Å². The van der Waals surface area contributed by atoms with Gasteiger partial charge in [-0.25, -0.2) is 0 Å². The van der Waals surface area contributed by atoms with Gasteiger partial charge in [0.05, 0.1) is 13.5 Å². The molecule has 1 heterocycles. The Labute approximate surface area is 81.3 Å². The molecule has 0 fully saturated rings. The summed E-state index contributed by atoms with van der Waals surface area (Å²) in [7, 11) is 1.36. The van der Waals surface area contributed by atoms with Gasteiger partial charge in [-0.2, -0.15) is 0 Å². The van der Waals surface area contributed by atoms with E-state index < -0.39 is 0 Å². The number of Topliss-reactive ketones (excluding diaryl/α,β-unsaturated/α-hetero) is 1. The minimum atomic E-state index is -0.267. The van der Waals surface area contributed by atoms with Crippen LogP contribution in [0.1, 0.15) is 34.7 Å². The molecule has 2 rings (SSSR count). The standard InChI is InChI=1S/C10H11NO3/c1-14-10(13)3-6-2-9(12)8-5-11-4-7(6)8/h4-6,11H,2-3H2,1H3. The van der Waals surface area contributed by atoms with Crippen molar-refractivity contribution >= 4 is 11.8 Å². The summed E-state index contributed by atoms with van der Waals surface area (Å²) >= 11 is 0. The van der Waals surface area contributed by atoms with Gasteiger partial charge in [0.1, 0.15) is 0 Å². The Bertz CT molecular complexity index is 380. The molecule has 0 bridgehead atoms. The maximum atomic E-state index is 11.4. The first-order valence-corrected chi connectivity index (χ1v) is 4.49. The van der Waals surface area contributed by atoms with Crippen molar-refractivity contribution in [2.24, 2.45) is 0 Å². The number of rotatable bonds is 2. The van der Waals surface area contributed by atoms with Gasteiger partial charge in [-0.1, -0.05) is 0 Å². The van der Waals surface area contributed by atoms with E-state index in [1.165, 1.54) is 7.11 Å². The largest absolute Gasteiger partial charge is 0.469 e. The number of ether oxygens (including phenoxy) is 1. The molecule has 0 aliphatic heterocycles. The Hall–Kier alpha value is -1.58. The average Bonchev–Trinajstić information content (AvgIpc) is 2.72. The molecule has 0 radical (unpaired) electrons. The molecule has 0 spiro atoms. The minimum Gasteiger partial charge on any atom is -0.469 e. The third kappa shape index (κ3) is 1.32. The van der Waals surface area contributed by atoms with E-state index in [0.717, 1.165) is 11.1 Å². The number of fused-ring (bicyclic) bond motifs is 1. The van der Waals surface area contributed by atoms with Gasteiger partial charge in [0, 0.05) is 30.3 Å². The highest BCUT2D eigenvalue weighted by Gasteiger charge is 2.31. The van der Waals surface area contributed by atoms with Gasteiger partial charge in [0.25, 0.3) is 0 Å². The molecule has 4 heteroatoms. The Morgan fingerprint density at radius 3 is 3.14 bits per heavy atom. The van der Waals surface area contributed by atoms with Crippen LogP contribution in [0.15, 0.2) is 12.4 Å². The molecule has 4 nitrogen and oxygen atoms in total. The van der Waals surface area contributed by atoms with E-state index in [2.05, 4.69) is 9.72 Å². The number of hydrogen-bond acceptors (Lipinski definition) is 3. The zero-order valence-corrected chi connectivity index (χ0v) is 7.87.